The first-order valence-electron chi connectivity index (χ1n) is 5.94. The molecular formula is C11H24N2Si. The molecule has 2 nitrogen and oxygen atoms in total. The van der Waals surface area contributed by atoms with Crippen molar-refractivity contribution in [2.24, 2.45) is 17.6 Å². The van der Waals surface area contributed by atoms with Gasteiger partial charge in [0.25, 0.3) is 0 Å². The summed E-state index contributed by atoms with van der Waals surface area (Å²) in [5, 5.41) is 0. The van der Waals surface area contributed by atoms with Crippen molar-refractivity contribution in [1.82, 2.24) is 4.90 Å². The van der Waals surface area contributed by atoms with E-state index in [4.69, 9.17) is 5.73 Å². The molecule has 0 bridgehead atoms. The Hall–Kier alpha value is 0.137. The van der Waals surface area contributed by atoms with Crippen LogP contribution in [0.1, 0.15) is 12.8 Å². The average Bonchev–Trinajstić information content (AvgIpc) is 2.51. The van der Waals surface area contributed by atoms with Gasteiger partial charge in [-0.2, -0.15) is 0 Å². The summed E-state index contributed by atoms with van der Waals surface area (Å²) in [7, 11) is -0.907. The van der Waals surface area contributed by atoms with Gasteiger partial charge in [0.05, 0.1) is 8.07 Å². The molecule has 0 aromatic heterocycles. The zero-order valence-corrected chi connectivity index (χ0v) is 10.8. The first-order chi connectivity index (χ1) is 6.46. The van der Waals surface area contributed by atoms with Gasteiger partial charge in [-0.05, 0) is 30.8 Å². The molecule has 1 saturated heterocycles. The maximum Gasteiger partial charge on any atom is 0.0599 e. The van der Waals surface area contributed by atoms with Crippen LogP contribution in [0.3, 0.4) is 0 Å². The molecule has 1 aliphatic heterocycles. The number of fused-ring (bicyclic) bond motifs is 1. The van der Waals surface area contributed by atoms with Crippen LogP contribution in [0.4, 0.5) is 0 Å². The Balaban J connectivity index is 1.90. The van der Waals surface area contributed by atoms with Gasteiger partial charge in [-0.25, -0.2) is 0 Å². The van der Waals surface area contributed by atoms with Crippen LogP contribution in [-0.4, -0.2) is 38.3 Å². The van der Waals surface area contributed by atoms with Crippen molar-refractivity contribution in [3.63, 3.8) is 0 Å². The number of likely N-dealkylation sites (tertiary alicyclic amines) is 1. The van der Waals surface area contributed by atoms with E-state index in [2.05, 4.69) is 24.5 Å². The number of hydrogen-bond acceptors (Lipinski definition) is 2. The molecule has 2 aliphatic rings. The van der Waals surface area contributed by atoms with Crippen LogP contribution in [0.15, 0.2) is 0 Å². The molecule has 0 spiro atoms. The summed E-state index contributed by atoms with van der Waals surface area (Å²) in [6, 6.07) is 0.506. The van der Waals surface area contributed by atoms with Gasteiger partial charge in [-0.15, -0.1) is 0 Å². The van der Waals surface area contributed by atoms with E-state index < -0.39 is 8.07 Å². The van der Waals surface area contributed by atoms with E-state index >= 15 is 0 Å². The van der Waals surface area contributed by atoms with Crippen molar-refractivity contribution in [2.45, 2.75) is 38.5 Å². The van der Waals surface area contributed by atoms with E-state index in [0.717, 1.165) is 11.8 Å². The third kappa shape index (κ3) is 2.20. The first-order valence-corrected chi connectivity index (χ1v) is 9.64. The molecule has 0 aromatic carbocycles. The van der Waals surface area contributed by atoms with Crippen molar-refractivity contribution in [3.05, 3.63) is 0 Å². The van der Waals surface area contributed by atoms with Gasteiger partial charge in [-0.3, -0.25) is 0 Å². The Morgan fingerprint density at radius 1 is 1.21 bits per heavy atom. The fraction of sp³-hybridized carbons (Fsp3) is 1.00. The lowest BCUT2D eigenvalue weighted by Gasteiger charge is -2.25. The summed E-state index contributed by atoms with van der Waals surface area (Å²) >= 11 is 0. The monoisotopic (exact) mass is 212 g/mol. The third-order valence-corrected chi connectivity index (χ3v) is 5.08. The summed E-state index contributed by atoms with van der Waals surface area (Å²) in [6.07, 6.45) is 4.02. The standard InChI is InChI=1S/C11H24N2Si/c1-14(2,3)8-13-6-9-4-5-11(12)10(9)7-13/h9-11H,4-8,12H2,1-3H3. The molecule has 0 aromatic rings. The Morgan fingerprint density at radius 3 is 2.50 bits per heavy atom. The highest BCUT2D eigenvalue weighted by molar-refractivity contribution is 6.76. The smallest absolute Gasteiger partial charge is 0.0599 e. The van der Waals surface area contributed by atoms with Crippen LogP contribution in [-0.2, 0) is 0 Å². The fourth-order valence-electron chi connectivity index (χ4n) is 3.20. The molecule has 1 heterocycles. The molecule has 1 aliphatic carbocycles. The summed E-state index contributed by atoms with van der Waals surface area (Å²) < 4.78 is 0. The maximum absolute atomic E-state index is 6.13. The molecule has 3 heteroatoms. The molecular weight excluding hydrogens is 188 g/mol. The van der Waals surface area contributed by atoms with E-state index in [9.17, 15) is 0 Å². The highest BCUT2D eigenvalue weighted by Gasteiger charge is 2.41. The van der Waals surface area contributed by atoms with Crippen LogP contribution < -0.4 is 5.73 Å². The predicted octanol–water partition coefficient (Wildman–Crippen LogP) is 1.53. The number of hydrogen-bond donors (Lipinski definition) is 1. The lowest BCUT2D eigenvalue weighted by molar-refractivity contribution is 0.346. The largest absolute Gasteiger partial charge is 0.327 e. The normalized spacial score (nSPS) is 39.0. The van der Waals surface area contributed by atoms with Crippen LogP contribution in [0, 0.1) is 11.8 Å². The van der Waals surface area contributed by atoms with Crippen LogP contribution in [0.5, 0.6) is 0 Å². The summed E-state index contributed by atoms with van der Waals surface area (Å²) in [5.41, 5.74) is 6.13. The zero-order chi connectivity index (χ0) is 10.3. The highest BCUT2D eigenvalue weighted by atomic mass is 28.3. The molecule has 3 atom stereocenters. The topological polar surface area (TPSA) is 29.3 Å². The van der Waals surface area contributed by atoms with E-state index in [1.165, 1.54) is 32.1 Å². The highest BCUT2D eigenvalue weighted by Crippen LogP contribution is 2.37. The van der Waals surface area contributed by atoms with Gasteiger partial charge in [0.15, 0.2) is 0 Å². The zero-order valence-electron chi connectivity index (χ0n) is 9.79. The van der Waals surface area contributed by atoms with Crippen molar-refractivity contribution < 1.29 is 0 Å². The second-order valence-corrected chi connectivity index (χ2v) is 11.9. The van der Waals surface area contributed by atoms with Crippen LogP contribution >= 0.6 is 0 Å². The lowest BCUT2D eigenvalue weighted by Crippen LogP contribution is -2.40. The molecule has 2 rings (SSSR count). The van der Waals surface area contributed by atoms with Crippen LogP contribution in [0.2, 0.25) is 19.6 Å². The van der Waals surface area contributed by atoms with Crippen molar-refractivity contribution in [2.75, 3.05) is 19.3 Å². The Bertz CT molecular complexity index is 212. The quantitative estimate of drug-likeness (QED) is 0.704. The fourth-order valence-corrected chi connectivity index (χ4v) is 4.80. The number of rotatable bonds is 2. The summed E-state index contributed by atoms with van der Waals surface area (Å²) in [4.78, 5) is 2.68. The van der Waals surface area contributed by atoms with E-state index in [0.29, 0.717) is 6.04 Å². The number of nitrogens with zero attached hydrogens (tertiary/aromatic N) is 1. The minimum Gasteiger partial charge on any atom is -0.327 e. The van der Waals surface area contributed by atoms with Crippen LogP contribution in [0.25, 0.3) is 0 Å². The molecule has 82 valence electrons. The Kier molecular flexibility index (Phi) is 2.75. The molecule has 14 heavy (non-hydrogen) atoms. The molecule has 0 amide bonds. The Labute approximate surface area is 88.9 Å². The average molecular weight is 212 g/mol. The van der Waals surface area contributed by atoms with Crippen molar-refractivity contribution in [3.8, 4) is 0 Å². The second-order valence-electron chi connectivity index (χ2n) is 6.42. The summed E-state index contributed by atoms with van der Waals surface area (Å²) in [5.74, 6) is 1.76. The minimum absolute atomic E-state index is 0.506. The maximum atomic E-state index is 6.13. The van der Waals surface area contributed by atoms with E-state index in [-0.39, 0.29) is 0 Å². The van der Waals surface area contributed by atoms with Crippen molar-refractivity contribution >= 4 is 8.07 Å². The molecule has 0 radical (unpaired) electrons. The first kappa shape index (κ1) is 10.6. The SMILES string of the molecule is C[Si](C)(C)CN1CC2CCC(N)C2C1. The van der Waals surface area contributed by atoms with E-state index in [1.807, 2.05) is 0 Å². The molecule has 2 fully saturated rings. The minimum atomic E-state index is -0.907. The lowest BCUT2D eigenvalue weighted by atomic mass is 9.98. The molecule has 1 saturated carbocycles. The summed E-state index contributed by atoms with van der Waals surface area (Å²) in [6.45, 7) is 10.0. The molecule has 2 N–H and O–H groups in total. The van der Waals surface area contributed by atoms with Gasteiger partial charge in [0, 0.05) is 19.1 Å². The van der Waals surface area contributed by atoms with E-state index in [1.54, 1.807) is 0 Å². The van der Waals surface area contributed by atoms with Gasteiger partial charge in [0.2, 0.25) is 0 Å². The third-order valence-electron chi connectivity index (χ3n) is 3.69. The molecule has 3 unspecified atom stereocenters. The van der Waals surface area contributed by atoms with Gasteiger partial charge in [-0.1, -0.05) is 19.6 Å². The Morgan fingerprint density at radius 2 is 1.93 bits per heavy atom. The predicted molar refractivity (Wildman–Crippen MR) is 64.0 cm³/mol. The van der Waals surface area contributed by atoms with Gasteiger partial charge < -0.3 is 10.6 Å². The second kappa shape index (κ2) is 3.61. The van der Waals surface area contributed by atoms with Crippen molar-refractivity contribution in [1.29, 1.82) is 0 Å². The van der Waals surface area contributed by atoms with Gasteiger partial charge >= 0.3 is 0 Å². The van der Waals surface area contributed by atoms with Gasteiger partial charge in [0.1, 0.15) is 0 Å². The number of nitrogens with two attached hydrogens (primary N) is 1.